The van der Waals surface area contributed by atoms with Gasteiger partial charge in [-0.3, -0.25) is 9.59 Å². The Morgan fingerprint density at radius 3 is 2.50 bits per heavy atom. The molecule has 1 aliphatic rings. The van der Waals surface area contributed by atoms with Crippen molar-refractivity contribution in [3.05, 3.63) is 54.1 Å². The molecule has 6 heteroatoms. The number of hydrogen-bond donors (Lipinski definition) is 1. The summed E-state index contributed by atoms with van der Waals surface area (Å²) in [6.45, 7) is 1.31. The second-order valence-electron chi connectivity index (χ2n) is 5.33. The number of anilines is 1. The summed E-state index contributed by atoms with van der Waals surface area (Å²) in [4.78, 5) is 25.0. The number of carbonyl (C=O) groups is 2. The molecular weight excluding hydrogens is 326 g/mol. The lowest BCUT2D eigenvalue weighted by atomic mass is 10.1. The second kappa shape index (κ2) is 6.97. The number of thioether (sulfide) groups is 1. The Hall–Kier alpha value is -2.47. The van der Waals surface area contributed by atoms with Crippen LogP contribution in [0, 0.1) is 0 Å². The number of amides is 1. The number of esters is 1. The number of carbonyl (C=O) groups excluding carboxylic acids is 2. The summed E-state index contributed by atoms with van der Waals surface area (Å²) in [5, 5.41) is 2.49. The van der Waals surface area contributed by atoms with Crippen LogP contribution in [0.15, 0.2) is 53.4 Å². The summed E-state index contributed by atoms with van der Waals surface area (Å²) in [6, 6.07) is 15.0. The van der Waals surface area contributed by atoms with Gasteiger partial charge in [-0.05, 0) is 29.8 Å². The van der Waals surface area contributed by atoms with E-state index < -0.39 is 12.1 Å². The van der Waals surface area contributed by atoms with Crippen LogP contribution >= 0.6 is 11.8 Å². The Kier molecular flexibility index (Phi) is 4.76. The highest BCUT2D eigenvalue weighted by atomic mass is 32.2. The lowest BCUT2D eigenvalue weighted by molar-refractivity contribution is -0.152. The van der Waals surface area contributed by atoms with E-state index in [1.165, 1.54) is 18.7 Å². The lowest BCUT2D eigenvalue weighted by Crippen LogP contribution is -2.34. The topological polar surface area (TPSA) is 64.6 Å². The zero-order valence-electron chi connectivity index (χ0n) is 13.3. The largest absolute Gasteiger partial charge is 0.497 e. The first-order valence-corrected chi connectivity index (χ1v) is 8.34. The van der Waals surface area contributed by atoms with Crippen LogP contribution in [0.3, 0.4) is 0 Å². The Morgan fingerprint density at radius 2 is 1.83 bits per heavy atom. The van der Waals surface area contributed by atoms with E-state index in [-0.39, 0.29) is 11.2 Å². The minimum absolute atomic E-state index is 0.330. The second-order valence-corrected chi connectivity index (χ2v) is 6.51. The quantitative estimate of drug-likeness (QED) is 0.865. The molecule has 124 valence electrons. The molecule has 0 bridgehead atoms. The van der Waals surface area contributed by atoms with Gasteiger partial charge < -0.3 is 14.8 Å². The number of nitrogens with one attached hydrogen (secondary N) is 1. The first-order valence-electron chi connectivity index (χ1n) is 7.46. The average molecular weight is 343 g/mol. The van der Waals surface area contributed by atoms with Gasteiger partial charge in [0, 0.05) is 11.8 Å². The van der Waals surface area contributed by atoms with Crippen LogP contribution in [-0.4, -0.2) is 25.1 Å². The number of benzene rings is 2. The van der Waals surface area contributed by atoms with E-state index in [2.05, 4.69) is 5.32 Å². The number of hydrogen-bond acceptors (Lipinski definition) is 5. The highest BCUT2D eigenvalue weighted by Crippen LogP contribution is 2.44. The molecule has 0 saturated heterocycles. The molecule has 0 unspecified atom stereocenters. The summed E-state index contributed by atoms with van der Waals surface area (Å²) < 4.78 is 10.5. The van der Waals surface area contributed by atoms with E-state index in [1.807, 2.05) is 48.5 Å². The Morgan fingerprint density at radius 1 is 1.12 bits per heavy atom. The Bertz CT molecular complexity index is 760. The van der Waals surface area contributed by atoms with Gasteiger partial charge in [-0.2, -0.15) is 0 Å². The van der Waals surface area contributed by atoms with Crippen molar-refractivity contribution in [1.29, 1.82) is 0 Å². The molecule has 0 fully saturated rings. The summed E-state index contributed by atoms with van der Waals surface area (Å²) >= 11 is 1.50. The fraction of sp³-hybridized carbons (Fsp3) is 0.222. The van der Waals surface area contributed by atoms with Crippen molar-refractivity contribution < 1.29 is 19.1 Å². The van der Waals surface area contributed by atoms with Crippen LogP contribution < -0.4 is 10.1 Å². The van der Waals surface area contributed by atoms with Crippen LogP contribution in [0.1, 0.15) is 17.7 Å². The van der Waals surface area contributed by atoms with Crippen molar-refractivity contribution in [3.8, 4) is 5.75 Å². The smallest absolute Gasteiger partial charge is 0.303 e. The van der Waals surface area contributed by atoms with Crippen LogP contribution in [0.25, 0.3) is 0 Å². The van der Waals surface area contributed by atoms with Crippen molar-refractivity contribution in [2.75, 3.05) is 12.4 Å². The van der Waals surface area contributed by atoms with Gasteiger partial charge in [0.25, 0.3) is 5.91 Å². The maximum atomic E-state index is 12.6. The Balaban J connectivity index is 2.02. The van der Waals surface area contributed by atoms with Gasteiger partial charge in [0.2, 0.25) is 0 Å². The van der Waals surface area contributed by atoms with E-state index in [0.29, 0.717) is 0 Å². The van der Waals surface area contributed by atoms with E-state index in [4.69, 9.17) is 9.47 Å². The third-order valence-corrected chi connectivity index (χ3v) is 5.05. The Labute approximate surface area is 144 Å². The van der Waals surface area contributed by atoms with E-state index >= 15 is 0 Å². The van der Waals surface area contributed by atoms with Gasteiger partial charge in [-0.1, -0.05) is 24.3 Å². The predicted octanol–water partition coefficient (Wildman–Crippen LogP) is 3.41. The molecule has 0 radical (unpaired) electrons. The van der Waals surface area contributed by atoms with Crippen molar-refractivity contribution in [2.24, 2.45) is 0 Å². The fourth-order valence-corrected chi connectivity index (χ4v) is 3.82. The molecule has 0 aliphatic carbocycles. The third-order valence-electron chi connectivity index (χ3n) is 3.67. The number of methoxy groups -OCH3 is 1. The maximum Gasteiger partial charge on any atom is 0.303 e. The van der Waals surface area contributed by atoms with Gasteiger partial charge >= 0.3 is 5.97 Å². The monoisotopic (exact) mass is 343 g/mol. The first kappa shape index (κ1) is 16.4. The maximum absolute atomic E-state index is 12.6. The van der Waals surface area contributed by atoms with Crippen molar-refractivity contribution >= 4 is 29.3 Å². The number of fused-ring (bicyclic) bond motifs is 1. The van der Waals surface area contributed by atoms with Crippen molar-refractivity contribution in [2.45, 2.75) is 23.2 Å². The van der Waals surface area contributed by atoms with E-state index in [9.17, 15) is 9.59 Å². The molecule has 0 saturated carbocycles. The molecule has 1 amide bonds. The number of ether oxygens (including phenoxy) is 2. The minimum atomic E-state index is -0.909. The summed E-state index contributed by atoms with van der Waals surface area (Å²) in [5.74, 6) is -0.0880. The molecular formula is C18H17NO4S. The van der Waals surface area contributed by atoms with Gasteiger partial charge in [0.05, 0.1) is 18.0 Å². The normalized spacial score (nSPS) is 19.7. The molecule has 2 aromatic rings. The molecule has 2 aromatic carbocycles. The van der Waals surface area contributed by atoms with E-state index in [1.54, 1.807) is 7.11 Å². The molecule has 1 aliphatic heterocycles. The summed E-state index contributed by atoms with van der Waals surface area (Å²) in [6.07, 6.45) is -0.909. The zero-order chi connectivity index (χ0) is 17.1. The molecule has 1 N–H and O–H groups in total. The highest BCUT2D eigenvalue weighted by molar-refractivity contribution is 7.99. The fourth-order valence-electron chi connectivity index (χ4n) is 2.54. The third kappa shape index (κ3) is 3.38. The van der Waals surface area contributed by atoms with Crippen LogP contribution in [-0.2, 0) is 14.3 Å². The molecule has 24 heavy (non-hydrogen) atoms. The molecule has 2 atom stereocenters. The lowest BCUT2D eigenvalue weighted by Gasteiger charge is -2.23. The minimum Gasteiger partial charge on any atom is -0.497 e. The predicted molar refractivity (Wildman–Crippen MR) is 92.2 cm³/mol. The van der Waals surface area contributed by atoms with Crippen molar-refractivity contribution in [3.63, 3.8) is 0 Å². The first-order chi connectivity index (χ1) is 11.6. The van der Waals surface area contributed by atoms with Crippen molar-refractivity contribution in [1.82, 2.24) is 0 Å². The average Bonchev–Trinajstić information content (AvgIpc) is 2.72. The molecule has 5 nitrogen and oxygen atoms in total. The molecule has 3 rings (SSSR count). The van der Waals surface area contributed by atoms with Gasteiger partial charge in [0.1, 0.15) is 5.75 Å². The van der Waals surface area contributed by atoms with Gasteiger partial charge in [-0.25, -0.2) is 0 Å². The van der Waals surface area contributed by atoms with E-state index in [0.717, 1.165) is 21.9 Å². The molecule has 0 spiro atoms. The number of rotatable bonds is 3. The molecule has 1 heterocycles. The summed E-state index contributed by atoms with van der Waals surface area (Å²) in [7, 11) is 1.60. The van der Waals surface area contributed by atoms with Crippen LogP contribution in [0.2, 0.25) is 0 Å². The molecule has 0 aromatic heterocycles. The zero-order valence-corrected chi connectivity index (χ0v) is 14.1. The van der Waals surface area contributed by atoms with Crippen LogP contribution in [0.4, 0.5) is 5.69 Å². The van der Waals surface area contributed by atoms with Crippen LogP contribution in [0.5, 0.6) is 5.75 Å². The van der Waals surface area contributed by atoms with Gasteiger partial charge in [-0.15, -0.1) is 11.8 Å². The SMILES string of the molecule is COc1ccc([C@@H]2Sc3ccccc3NC(=O)[C@@H]2OC(C)=O)cc1. The highest BCUT2D eigenvalue weighted by Gasteiger charge is 2.36. The standard InChI is InChI=1S/C18H17NO4S/c1-11(20)23-16-17(12-7-9-13(22-2)10-8-12)24-15-6-4-3-5-14(15)19-18(16)21/h3-10,16-17H,1-2H3,(H,19,21)/t16-,17+/m1/s1. The number of para-hydroxylation sites is 1. The summed E-state index contributed by atoms with van der Waals surface area (Å²) in [5.41, 5.74) is 1.61. The van der Waals surface area contributed by atoms with Gasteiger partial charge in [0.15, 0.2) is 6.10 Å².